The number of nitrogens with zero attached hydrogens (tertiary/aromatic N) is 1. The van der Waals surface area contributed by atoms with E-state index in [0.29, 0.717) is 11.3 Å². The maximum atomic E-state index is 12.4. The molecule has 1 fully saturated rings. The lowest BCUT2D eigenvalue weighted by Gasteiger charge is -2.21. The number of β-amino-alcohol motifs (C(OH)–C–C–N with tert-alkyl or cyclic N) is 1. The third-order valence-electron chi connectivity index (χ3n) is 3.66. The second kappa shape index (κ2) is 6.13. The molecule has 6 heteroatoms. The Morgan fingerprint density at radius 1 is 1.43 bits per heavy atom. The number of rotatable bonds is 4. The molecule has 2 N–H and O–H groups in total. The zero-order valence-electron chi connectivity index (χ0n) is 12.1. The van der Waals surface area contributed by atoms with Crippen LogP contribution >= 0.6 is 0 Å². The molecule has 0 spiro atoms. The molecule has 21 heavy (non-hydrogen) atoms. The fraction of sp³-hybridized carbons (Fsp3) is 0.467. The number of carbonyl (C=O) groups is 2. The summed E-state index contributed by atoms with van der Waals surface area (Å²) in [5, 5.41) is 18.7. The second-order valence-corrected chi connectivity index (χ2v) is 5.28. The number of aliphatic hydroxyl groups excluding tert-OH is 1. The van der Waals surface area contributed by atoms with Crippen molar-refractivity contribution >= 4 is 11.9 Å². The topological polar surface area (TPSA) is 87.1 Å². The van der Waals surface area contributed by atoms with Crippen molar-refractivity contribution in [3.8, 4) is 5.75 Å². The van der Waals surface area contributed by atoms with Gasteiger partial charge in [-0.25, -0.2) is 4.79 Å². The molecule has 2 atom stereocenters. The molecular formula is C15H19NO5. The SMILES string of the molecule is COc1ccc(C)cc1CC(=O)N1CC(O)C[C@H]1C(=O)O. The molecule has 1 heterocycles. The minimum Gasteiger partial charge on any atom is -0.496 e. The van der Waals surface area contributed by atoms with Gasteiger partial charge in [0.1, 0.15) is 11.8 Å². The van der Waals surface area contributed by atoms with Crippen LogP contribution in [0.4, 0.5) is 0 Å². The molecule has 0 aromatic heterocycles. The van der Waals surface area contributed by atoms with Crippen LogP contribution in [0.25, 0.3) is 0 Å². The lowest BCUT2D eigenvalue weighted by atomic mass is 10.1. The molecule has 1 unspecified atom stereocenters. The number of methoxy groups -OCH3 is 1. The fourth-order valence-corrected chi connectivity index (χ4v) is 2.63. The summed E-state index contributed by atoms with van der Waals surface area (Å²) in [4.78, 5) is 24.7. The van der Waals surface area contributed by atoms with Gasteiger partial charge in [-0.1, -0.05) is 17.7 Å². The van der Waals surface area contributed by atoms with Crippen LogP contribution in [-0.2, 0) is 16.0 Å². The number of benzene rings is 1. The van der Waals surface area contributed by atoms with Crippen molar-refractivity contribution in [3.63, 3.8) is 0 Å². The molecule has 6 nitrogen and oxygen atoms in total. The predicted octanol–water partition coefficient (Wildman–Crippen LogP) is 0.593. The Bertz CT molecular complexity index is 557. The van der Waals surface area contributed by atoms with Crippen LogP contribution < -0.4 is 4.74 Å². The van der Waals surface area contributed by atoms with Crippen molar-refractivity contribution in [2.75, 3.05) is 13.7 Å². The molecule has 1 aliphatic heterocycles. The molecule has 1 aromatic carbocycles. The molecule has 1 aliphatic rings. The monoisotopic (exact) mass is 293 g/mol. The maximum Gasteiger partial charge on any atom is 0.326 e. The smallest absolute Gasteiger partial charge is 0.326 e. The quantitative estimate of drug-likeness (QED) is 0.848. The number of carboxylic acid groups (broad SMARTS) is 1. The molecule has 0 radical (unpaired) electrons. The Hall–Kier alpha value is -2.08. The summed E-state index contributed by atoms with van der Waals surface area (Å²) in [7, 11) is 1.53. The van der Waals surface area contributed by atoms with E-state index in [9.17, 15) is 14.7 Å². The van der Waals surface area contributed by atoms with Crippen LogP contribution in [0.5, 0.6) is 5.75 Å². The van der Waals surface area contributed by atoms with Gasteiger partial charge in [0.25, 0.3) is 0 Å². The number of aliphatic hydroxyl groups is 1. The van der Waals surface area contributed by atoms with E-state index in [0.717, 1.165) is 5.56 Å². The molecule has 1 amide bonds. The van der Waals surface area contributed by atoms with Crippen LogP contribution in [0.15, 0.2) is 18.2 Å². The van der Waals surface area contributed by atoms with Gasteiger partial charge >= 0.3 is 5.97 Å². The van der Waals surface area contributed by atoms with Crippen LogP contribution in [0.3, 0.4) is 0 Å². The largest absolute Gasteiger partial charge is 0.496 e. The van der Waals surface area contributed by atoms with Crippen LogP contribution in [0, 0.1) is 6.92 Å². The zero-order valence-corrected chi connectivity index (χ0v) is 12.1. The average molecular weight is 293 g/mol. The van der Waals surface area contributed by atoms with E-state index >= 15 is 0 Å². The number of ether oxygens (including phenoxy) is 1. The number of aliphatic carboxylic acids is 1. The first-order valence-electron chi connectivity index (χ1n) is 6.76. The Balaban J connectivity index is 2.18. The number of carbonyl (C=O) groups excluding carboxylic acids is 1. The maximum absolute atomic E-state index is 12.4. The van der Waals surface area contributed by atoms with Crippen LogP contribution in [0.1, 0.15) is 17.5 Å². The van der Waals surface area contributed by atoms with Gasteiger partial charge in [0, 0.05) is 18.5 Å². The molecule has 2 rings (SSSR count). The average Bonchev–Trinajstić information content (AvgIpc) is 2.81. The van der Waals surface area contributed by atoms with Gasteiger partial charge in [0.05, 0.1) is 19.6 Å². The van der Waals surface area contributed by atoms with Gasteiger partial charge < -0.3 is 19.8 Å². The Morgan fingerprint density at radius 2 is 2.14 bits per heavy atom. The summed E-state index contributed by atoms with van der Waals surface area (Å²) in [6.07, 6.45) is -0.651. The van der Waals surface area contributed by atoms with Gasteiger partial charge in [-0.05, 0) is 13.0 Å². The van der Waals surface area contributed by atoms with E-state index in [1.807, 2.05) is 19.1 Å². The van der Waals surface area contributed by atoms with Gasteiger partial charge in [-0.15, -0.1) is 0 Å². The summed E-state index contributed by atoms with van der Waals surface area (Å²) in [6.45, 7) is 1.97. The zero-order chi connectivity index (χ0) is 15.6. The lowest BCUT2D eigenvalue weighted by Crippen LogP contribution is -2.41. The predicted molar refractivity (Wildman–Crippen MR) is 75.2 cm³/mol. The first kappa shape index (κ1) is 15.3. The fourth-order valence-electron chi connectivity index (χ4n) is 2.63. The minimum atomic E-state index is -1.09. The normalized spacial score (nSPS) is 21.4. The van der Waals surface area contributed by atoms with Crippen molar-refractivity contribution in [1.82, 2.24) is 4.90 Å². The van der Waals surface area contributed by atoms with Crippen molar-refractivity contribution < 1.29 is 24.5 Å². The third kappa shape index (κ3) is 3.33. The highest BCUT2D eigenvalue weighted by atomic mass is 16.5. The van der Waals surface area contributed by atoms with Gasteiger partial charge in [-0.2, -0.15) is 0 Å². The van der Waals surface area contributed by atoms with Crippen LogP contribution in [0.2, 0.25) is 0 Å². The second-order valence-electron chi connectivity index (χ2n) is 5.28. The molecule has 0 aliphatic carbocycles. The molecule has 0 bridgehead atoms. The summed E-state index contributed by atoms with van der Waals surface area (Å²) in [5.74, 6) is -0.806. The molecule has 114 valence electrons. The number of hydrogen-bond acceptors (Lipinski definition) is 4. The number of hydrogen-bond donors (Lipinski definition) is 2. The van der Waals surface area contributed by atoms with Gasteiger partial charge in [-0.3, -0.25) is 4.79 Å². The summed E-state index contributed by atoms with van der Waals surface area (Å²) >= 11 is 0. The Morgan fingerprint density at radius 3 is 2.76 bits per heavy atom. The standard InChI is InChI=1S/C15H19NO5/c1-9-3-4-13(21-2)10(5-9)6-14(18)16-8-11(17)7-12(16)15(19)20/h3-5,11-12,17H,6-8H2,1-2H3,(H,19,20)/t11?,12-/m0/s1. The number of amides is 1. The van der Waals surface area contributed by atoms with Gasteiger partial charge in [0.2, 0.25) is 5.91 Å². The van der Waals surface area contributed by atoms with Crippen molar-refractivity contribution in [2.45, 2.75) is 31.9 Å². The first-order valence-corrected chi connectivity index (χ1v) is 6.76. The highest BCUT2D eigenvalue weighted by Crippen LogP contribution is 2.24. The highest BCUT2D eigenvalue weighted by molar-refractivity contribution is 5.86. The molecule has 1 aromatic rings. The van der Waals surface area contributed by atoms with Crippen molar-refractivity contribution in [1.29, 1.82) is 0 Å². The summed E-state index contributed by atoms with van der Waals surface area (Å²) in [5.41, 5.74) is 1.71. The first-order chi connectivity index (χ1) is 9.92. The number of likely N-dealkylation sites (tertiary alicyclic amines) is 1. The number of aryl methyl sites for hydroxylation is 1. The molecule has 0 saturated carbocycles. The minimum absolute atomic E-state index is 0.0569. The Kier molecular flexibility index (Phi) is 4.47. The van der Waals surface area contributed by atoms with E-state index in [1.54, 1.807) is 6.07 Å². The Labute approximate surface area is 122 Å². The van der Waals surface area contributed by atoms with Gasteiger partial charge in [0.15, 0.2) is 0 Å². The number of carboxylic acids is 1. The highest BCUT2D eigenvalue weighted by Gasteiger charge is 2.38. The third-order valence-corrected chi connectivity index (χ3v) is 3.66. The van der Waals surface area contributed by atoms with E-state index < -0.39 is 18.1 Å². The lowest BCUT2D eigenvalue weighted by molar-refractivity contribution is -0.148. The summed E-state index contributed by atoms with van der Waals surface area (Å²) in [6, 6.07) is 4.56. The molecular weight excluding hydrogens is 274 g/mol. The van der Waals surface area contributed by atoms with E-state index in [-0.39, 0.29) is 25.3 Å². The van der Waals surface area contributed by atoms with E-state index in [1.165, 1.54) is 12.0 Å². The molecule has 1 saturated heterocycles. The van der Waals surface area contributed by atoms with Crippen molar-refractivity contribution in [2.24, 2.45) is 0 Å². The van der Waals surface area contributed by atoms with E-state index in [4.69, 9.17) is 9.84 Å². The van der Waals surface area contributed by atoms with Crippen molar-refractivity contribution in [3.05, 3.63) is 29.3 Å². The van der Waals surface area contributed by atoms with E-state index in [2.05, 4.69) is 0 Å². The van der Waals surface area contributed by atoms with Crippen LogP contribution in [-0.4, -0.2) is 52.8 Å². The summed E-state index contributed by atoms with van der Waals surface area (Å²) < 4.78 is 5.22.